The Morgan fingerprint density at radius 2 is 1.55 bits per heavy atom. The number of hydrogen-bond donors (Lipinski definition) is 2. The lowest BCUT2D eigenvalue weighted by Gasteiger charge is -2.32. The topological polar surface area (TPSA) is 123 Å². The van der Waals surface area contributed by atoms with Gasteiger partial charge in [0.2, 0.25) is 0 Å². The van der Waals surface area contributed by atoms with Crippen molar-refractivity contribution in [2.45, 2.75) is 117 Å². The Balaban J connectivity index is 1.50. The summed E-state index contributed by atoms with van der Waals surface area (Å²) in [7, 11) is 1.71. The lowest BCUT2D eigenvalue weighted by atomic mass is 9.86. The molecule has 53 heavy (non-hydrogen) atoms. The minimum atomic E-state index is -0.871. The van der Waals surface area contributed by atoms with E-state index < -0.39 is 23.8 Å². The van der Waals surface area contributed by atoms with Crippen molar-refractivity contribution in [3.05, 3.63) is 104 Å². The number of carbonyl (C=O) groups is 3. The fourth-order valence-electron chi connectivity index (χ4n) is 6.16. The number of nitrogens with zero attached hydrogens (tertiary/aromatic N) is 3. The van der Waals surface area contributed by atoms with Crippen molar-refractivity contribution < 1.29 is 23.9 Å². The van der Waals surface area contributed by atoms with Crippen LogP contribution in [0, 0.1) is 5.92 Å². The number of hydrogen-bond acceptors (Lipinski definition) is 9. The number of carbonyl (C=O) groups excluding carboxylic acids is 3. The molecule has 2 aromatic carbocycles. The van der Waals surface area contributed by atoms with Crippen LogP contribution in [0.1, 0.15) is 93.4 Å². The summed E-state index contributed by atoms with van der Waals surface area (Å²) in [5.41, 5.74) is 4.20. The smallest absolute Gasteiger partial charge is 0.407 e. The summed E-state index contributed by atoms with van der Waals surface area (Å²) >= 11 is 3.02. The van der Waals surface area contributed by atoms with Crippen molar-refractivity contribution in [1.29, 1.82) is 0 Å². The average molecular weight is 762 g/mol. The van der Waals surface area contributed by atoms with E-state index in [0.717, 1.165) is 26.7 Å². The van der Waals surface area contributed by atoms with Crippen LogP contribution in [-0.2, 0) is 40.3 Å². The average Bonchev–Trinajstić information content (AvgIpc) is 3.81. The lowest BCUT2D eigenvalue weighted by Crippen LogP contribution is -2.53. The third-order valence-electron chi connectivity index (χ3n) is 8.70. The number of ketones is 1. The minimum Gasteiger partial charge on any atom is -0.444 e. The molecule has 2 aromatic heterocycles. The van der Waals surface area contributed by atoms with Crippen LogP contribution in [0.2, 0.25) is 0 Å². The number of aromatic nitrogens is 2. The van der Waals surface area contributed by atoms with Crippen LogP contribution >= 0.6 is 22.7 Å². The zero-order valence-corrected chi connectivity index (χ0v) is 33.7. The molecule has 4 rings (SSSR count). The van der Waals surface area contributed by atoms with E-state index in [1.54, 1.807) is 35.0 Å². The van der Waals surface area contributed by atoms with E-state index in [4.69, 9.17) is 9.47 Å². The molecule has 286 valence electrons. The highest BCUT2D eigenvalue weighted by Crippen LogP contribution is 2.24. The van der Waals surface area contributed by atoms with Crippen molar-refractivity contribution in [2.75, 3.05) is 7.05 Å². The fourth-order valence-corrected chi connectivity index (χ4v) is 7.49. The molecule has 10 nitrogen and oxygen atoms in total. The van der Waals surface area contributed by atoms with E-state index in [1.165, 1.54) is 11.3 Å². The lowest BCUT2D eigenvalue weighted by molar-refractivity contribution is -0.129. The Bertz CT molecular complexity index is 1690. The first-order valence-electron chi connectivity index (χ1n) is 18.3. The highest BCUT2D eigenvalue weighted by molar-refractivity contribution is 7.09. The fraction of sp³-hybridized carbons (Fsp3) is 0.488. The largest absolute Gasteiger partial charge is 0.444 e. The SMILES string of the molecule is CC(C)c1nc(CN(C)C(=O)NC(C(=O)CC(CCC(Cc2ccccc2)NC(=O)OCc2cncs2)Cc2ccccc2)C(C)OC(C)(C)C)cs1. The predicted molar refractivity (Wildman–Crippen MR) is 212 cm³/mol. The van der Waals surface area contributed by atoms with Gasteiger partial charge in [0, 0.05) is 37.0 Å². The van der Waals surface area contributed by atoms with Crippen LogP contribution < -0.4 is 10.6 Å². The maximum atomic E-state index is 14.4. The molecule has 2 N–H and O–H groups in total. The molecule has 0 bridgehead atoms. The van der Waals surface area contributed by atoms with Gasteiger partial charge >= 0.3 is 12.1 Å². The molecule has 2 heterocycles. The number of alkyl carbamates (subject to hydrolysis) is 1. The summed E-state index contributed by atoms with van der Waals surface area (Å²) in [6.45, 7) is 12.3. The molecule has 0 aliphatic heterocycles. The van der Waals surface area contributed by atoms with Crippen molar-refractivity contribution in [3.63, 3.8) is 0 Å². The van der Waals surface area contributed by atoms with E-state index in [-0.39, 0.29) is 36.8 Å². The molecule has 3 amide bonds. The van der Waals surface area contributed by atoms with E-state index >= 15 is 0 Å². The van der Waals surface area contributed by atoms with Crippen LogP contribution in [0.3, 0.4) is 0 Å². The molecule has 4 aromatic rings. The number of Topliss-reactive ketones (excluding diaryl/α,β-unsaturated/α-hetero) is 1. The Morgan fingerprint density at radius 3 is 2.13 bits per heavy atom. The summed E-state index contributed by atoms with van der Waals surface area (Å²) in [6.07, 6.45) is 3.39. The van der Waals surface area contributed by atoms with E-state index in [2.05, 4.69) is 46.6 Å². The highest BCUT2D eigenvalue weighted by Gasteiger charge is 2.33. The molecule has 0 aliphatic carbocycles. The van der Waals surface area contributed by atoms with Crippen LogP contribution in [-0.4, -0.2) is 63.6 Å². The number of amides is 3. The van der Waals surface area contributed by atoms with Gasteiger partial charge in [-0.2, -0.15) is 0 Å². The zero-order valence-electron chi connectivity index (χ0n) is 32.0. The summed E-state index contributed by atoms with van der Waals surface area (Å²) < 4.78 is 11.8. The molecule has 0 spiro atoms. The second-order valence-corrected chi connectivity index (χ2v) is 16.8. The first-order valence-corrected chi connectivity index (χ1v) is 20.1. The molecule has 0 fully saturated rings. The van der Waals surface area contributed by atoms with Gasteiger partial charge in [-0.25, -0.2) is 14.6 Å². The van der Waals surface area contributed by atoms with Gasteiger partial charge in [0.1, 0.15) is 12.6 Å². The number of urea groups is 1. The minimum absolute atomic E-state index is 0.0679. The number of thiazole rings is 2. The number of rotatable bonds is 19. The van der Waals surface area contributed by atoms with Gasteiger partial charge in [-0.05, 0) is 70.4 Å². The second-order valence-electron chi connectivity index (χ2n) is 14.9. The van der Waals surface area contributed by atoms with Crippen molar-refractivity contribution in [2.24, 2.45) is 5.92 Å². The van der Waals surface area contributed by atoms with E-state index in [9.17, 15) is 14.4 Å². The monoisotopic (exact) mass is 761 g/mol. The van der Waals surface area contributed by atoms with E-state index in [1.807, 2.05) is 81.6 Å². The van der Waals surface area contributed by atoms with Gasteiger partial charge in [0.15, 0.2) is 5.78 Å². The Morgan fingerprint density at radius 1 is 0.887 bits per heavy atom. The first kappa shape index (κ1) is 41.6. The van der Waals surface area contributed by atoms with E-state index in [0.29, 0.717) is 38.1 Å². The van der Waals surface area contributed by atoms with Gasteiger partial charge in [0.25, 0.3) is 0 Å². The summed E-state index contributed by atoms with van der Waals surface area (Å²) in [6, 6.07) is 18.7. The number of nitrogens with one attached hydrogen (secondary N) is 2. The van der Waals surface area contributed by atoms with Crippen LogP contribution in [0.5, 0.6) is 0 Å². The Labute approximate surface area is 322 Å². The van der Waals surface area contributed by atoms with Gasteiger partial charge < -0.3 is 25.0 Å². The molecule has 0 saturated heterocycles. The molecule has 4 atom stereocenters. The maximum absolute atomic E-state index is 14.4. The number of ether oxygens (including phenoxy) is 2. The molecular formula is C41H55N5O5S2. The van der Waals surface area contributed by atoms with Crippen LogP contribution in [0.15, 0.2) is 77.8 Å². The van der Waals surface area contributed by atoms with Gasteiger partial charge in [-0.15, -0.1) is 22.7 Å². The normalized spacial score (nSPS) is 13.9. The maximum Gasteiger partial charge on any atom is 0.407 e. The molecular weight excluding hydrogens is 707 g/mol. The second kappa shape index (κ2) is 20.4. The van der Waals surface area contributed by atoms with Gasteiger partial charge in [0.05, 0.1) is 39.3 Å². The summed E-state index contributed by atoms with van der Waals surface area (Å²) in [5, 5.41) is 9.10. The quantitative estimate of drug-likeness (QED) is 0.0982. The third kappa shape index (κ3) is 14.7. The van der Waals surface area contributed by atoms with Gasteiger partial charge in [-0.3, -0.25) is 9.78 Å². The summed E-state index contributed by atoms with van der Waals surface area (Å²) in [4.78, 5) is 52.1. The third-order valence-corrected chi connectivity index (χ3v) is 10.6. The molecule has 0 saturated carbocycles. The molecule has 4 unspecified atom stereocenters. The molecule has 0 aliphatic rings. The van der Waals surface area contributed by atoms with Crippen molar-refractivity contribution in [1.82, 2.24) is 25.5 Å². The predicted octanol–water partition coefficient (Wildman–Crippen LogP) is 8.57. The summed E-state index contributed by atoms with van der Waals surface area (Å²) in [5.74, 6) is 0.139. The number of benzene rings is 2. The molecule has 12 heteroatoms. The Hall–Kier alpha value is -4.13. The van der Waals surface area contributed by atoms with Crippen LogP contribution in [0.25, 0.3) is 0 Å². The van der Waals surface area contributed by atoms with Crippen molar-refractivity contribution in [3.8, 4) is 0 Å². The van der Waals surface area contributed by atoms with Crippen LogP contribution in [0.4, 0.5) is 9.59 Å². The van der Waals surface area contributed by atoms with Gasteiger partial charge in [-0.1, -0.05) is 74.5 Å². The zero-order chi connectivity index (χ0) is 38.4. The standard InChI is InChI=1S/C41H55N5O5S2/c1-28(2)38-43-34(26-52-38)24-46(7)39(48)45-37(29(3)51-41(4,5)6)36(47)22-32(20-30-14-10-8-11-15-30)18-19-33(21-31-16-12-9-13-17-31)44-40(49)50-25-35-23-42-27-53-35/h8-17,23,26-29,32-33,37H,18-22,24-25H2,1-7H3,(H,44,49)(H,45,48). The molecule has 0 radical (unpaired) electrons. The van der Waals surface area contributed by atoms with Crippen molar-refractivity contribution >= 4 is 40.6 Å². The first-order chi connectivity index (χ1) is 25.3. The Kier molecular flexibility index (Phi) is 16.0. The highest BCUT2D eigenvalue weighted by atomic mass is 32.1.